The SMILES string of the molecule is Cn1c2c(c3cc(-c4ccccc4)ccc3c1=N[C@H]1C=CC=CC1)C=CCC2. The van der Waals surface area contributed by atoms with Crippen LogP contribution in [0.3, 0.4) is 0 Å². The summed E-state index contributed by atoms with van der Waals surface area (Å²) < 4.78 is 2.31. The van der Waals surface area contributed by atoms with E-state index in [1.807, 2.05) is 0 Å². The topological polar surface area (TPSA) is 17.3 Å². The highest BCUT2D eigenvalue weighted by molar-refractivity contribution is 5.94. The molecule has 1 heterocycles. The molecule has 0 unspecified atom stereocenters. The fraction of sp³-hybridized carbons (Fsp3) is 0.192. The minimum absolute atomic E-state index is 0.213. The Morgan fingerprint density at radius 3 is 2.64 bits per heavy atom. The van der Waals surface area contributed by atoms with Crippen LogP contribution in [0.2, 0.25) is 0 Å². The molecule has 0 fully saturated rings. The third-order valence-corrected chi connectivity index (χ3v) is 5.77. The molecular formula is C26H24N2. The smallest absolute Gasteiger partial charge is 0.136 e. The first kappa shape index (κ1) is 17.0. The van der Waals surface area contributed by atoms with E-state index in [1.165, 1.54) is 33.2 Å². The Morgan fingerprint density at radius 1 is 0.929 bits per heavy atom. The summed E-state index contributed by atoms with van der Waals surface area (Å²) in [4.78, 5) is 5.16. The van der Waals surface area contributed by atoms with E-state index in [2.05, 4.69) is 96.6 Å². The van der Waals surface area contributed by atoms with Crippen LogP contribution in [-0.4, -0.2) is 10.6 Å². The lowest BCUT2D eigenvalue weighted by Crippen LogP contribution is -2.26. The molecule has 2 nitrogen and oxygen atoms in total. The van der Waals surface area contributed by atoms with E-state index in [1.54, 1.807) is 0 Å². The quantitative estimate of drug-likeness (QED) is 0.564. The van der Waals surface area contributed by atoms with Crippen molar-refractivity contribution in [2.45, 2.75) is 25.3 Å². The Morgan fingerprint density at radius 2 is 1.82 bits per heavy atom. The van der Waals surface area contributed by atoms with Gasteiger partial charge in [0, 0.05) is 23.7 Å². The number of allylic oxidation sites excluding steroid dienone is 3. The molecule has 1 atom stereocenters. The lowest BCUT2D eigenvalue weighted by Gasteiger charge is -2.21. The molecule has 1 aromatic heterocycles. The predicted molar refractivity (Wildman–Crippen MR) is 118 cm³/mol. The zero-order valence-corrected chi connectivity index (χ0v) is 16.2. The van der Waals surface area contributed by atoms with E-state index in [0.717, 1.165) is 24.8 Å². The van der Waals surface area contributed by atoms with Gasteiger partial charge < -0.3 is 4.57 Å². The molecule has 3 aromatic rings. The molecule has 2 aliphatic rings. The van der Waals surface area contributed by atoms with Gasteiger partial charge in [-0.1, -0.05) is 78.9 Å². The minimum atomic E-state index is 0.213. The molecule has 138 valence electrons. The van der Waals surface area contributed by atoms with Gasteiger partial charge in [-0.3, -0.25) is 4.99 Å². The highest BCUT2D eigenvalue weighted by Crippen LogP contribution is 2.30. The molecule has 2 heteroatoms. The van der Waals surface area contributed by atoms with Crippen molar-refractivity contribution in [2.75, 3.05) is 0 Å². The van der Waals surface area contributed by atoms with Crippen LogP contribution >= 0.6 is 0 Å². The number of aromatic nitrogens is 1. The molecule has 0 N–H and O–H groups in total. The lowest BCUT2D eigenvalue weighted by atomic mass is 9.94. The van der Waals surface area contributed by atoms with E-state index < -0.39 is 0 Å². The number of hydrogen-bond donors (Lipinski definition) is 0. The average molecular weight is 364 g/mol. The predicted octanol–water partition coefficient (Wildman–Crippen LogP) is 5.59. The number of nitrogens with zero attached hydrogens (tertiary/aromatic N) is 2. The molecule has 0 saturated carbocycles. The second kappa shape index (κ2) is 7.12. The maximum absolute atomic E-state index is 5.16. The van der Waals surface area contributed by atoms with Gasteiger partial charge in [0.15, 0.2) is 0 Å². The van der Waals surface area contributed by atoms with Crippen molar-refractivity contribution in [1.82, 2.24) is 4.57 Å². The molecule has 0 aliphatic heterocycles. The van der Waals surface area contributed by atoms with Gasteiger partial charge in [-0.15, -0.1) is 0 Å². The average Bonchev–Trinajstić information content (AvgIpc) is 2.77. The first-order valence-electron chi connectivity index (χ1n) is 10.1. The molecule has 0 saturated heterocycles. The van der Waals surface area contributed by atoms with Crippen molar-refractivity contribution in [3.8, 4) is 11.1 Å². The van der Waals surface area contributed by atoms with Crippen LogP contribution in [0.4, 0.5) is 0 Å². The number of fused-ring (bicyclic) bond motifs is 3. The highest BCUT2D eigenvalue weighted by Gasteiger charge is 2.16. The van der Waals surface area contributed by atoms with E-state index in [-0.39, 0.29) is 6.04 Å². The van der Waals surface area contributed by atoms with Crippen LogP contribution < -0.4 is 5.49 Å². The zero-order chi connectivity index (χ0) is 18.9. The molecular weight excluding hydrogens is 340 g/mol. The molecule has 0 spiro atoms. The van der Waals surface area contributed by atoms with E-state index in [4.69, 9.17) is 4.99 Å². The van der Waals surface area contributed by atoms with Crippen molar-refractivity contribution >= 4 is 16.8 Å². The van der Waals surface area contributed by atoms with Gasteiger partial charge in [-0.2, -0.15) is 0 Å². The number of rotatable bonds is 2. The third-order valence-electron chi connectivity index (χ3n) is 5.77. The van der Waals surface area contributed by atoms with Gasteiger partial charge in [-0.25, -0.2) is 0 Å². The molecule has 2 aliphatic carbocycles. The lowest BCUT2D eigenvalue weighted by molar-refractivity contribution is 0.707. The molecule has 0 radical (unpaired) electrons. The Hall–Kier alpha value is -3.13. The van der Waals surface area contributed by atoms with Crippen molar-refractivity contribution in [3.63, 3.8) is 0 Å². The van der Waals surface area contributed by atoms with Gasteiger partial charge in [0.05, 0.1) is 6.04 Å². The van der Waals surface area contributed by atoms with E-state index >= 15 is 0 Å². The van der Waals surface area contributed by atoms with Crippen LogP contribution in [-0.2, 0) is 13.5 Å². The van der Waals surface area contributed by atoms with E-state index in [0.29, 0.717) is 0 Å². The maximum Gasteiger partial charge on any atom is 0.136 e. The number of pyridine rings is 1. The molecule has 5 rings (SSSR count). The van der Waals surface area contributed by atoms with Crippen LogP contribution in [0.5, 0.6) is 0 Å². The summed E-state index contributed by atoms with van der Waals surface area (Å²) in [6.45, 7) is 0. The van der Waals surface area contributed by atoms with Crippen molar-refractivity contribution < 1.29 is 0 Å². The fourth-order valence-corrected chi connectivity index (χ4v) is 4.30. The summed E-state index contributed by atoms with van der Waals surface area (Å²) in [7, 11) is 2.17. The van der Waals surface area contributed by atoms with Gasteiger partial charge in [0.1, 0.15) is 5.49 Å². The normalized spacial score (nSPS) is 18.6. The number of benzene rings is 2. The largest absolute Gasteiger partial charge is 0.332 e. The summed E-state index contributed by atoms with van der Waals surface area (Å²) in [5.74, 6) is 0. The van der Waals surface area contributed by atoms with Gasteiger partial charge in [0.2, 0.25) is 0 Å². The van der Waals surface area contributed by atoms with Crippen LogP contribution in [0.25, 0.3) is 28.0 Å². The first-order valence-corrected chi connectivity index (χ1v) is 10.1. The minimum Gasteiger partial charge on any atom is -0.332 e. The van der Waals surface area contributed by atoms with Crippen molar-refractivity contribution in [1.29, 1.82) is 0 Å². The highest BCUT2D eigenvalue weighted by atomic mass is 15.0. The monoisotopic (exact) mass is 364 g/mol. The zero-order valence-electron chi connectivity index (χ0n) is 16.2. The summed E-state index contributed by atoms with van der Waals surface area (Å²) in [5.41, 5.74) is 6.34. The van der Waals surface area contributed by atoms with E-state index in [9.17, 15) is 0 Å². The van der Waals surface area contributed by atoms with Crippen LogP contribution in [0.15, 0.2) is 83.9 Å². The first-order chi connectivity index (χ1) is 13.8. The van der Waals surface area contributed by atoms with Crippen molar-refractivity contribution in [2.24, 2.45) is 12.0 Å². The number of hydrogen-bond acceptors (Lipinski definition) is 1. The molecule has 2 aromatic carbocycles. The summed E-state index contributed by atoms with van der Waals surface area (Å²) in [5, 5.41) is 2.54. The summed E-state index contributed by atoms with van der Waals surface area (Å²) in [6, 6.07) is 17.7. The molecule has 0 amide bonds. The Balaban J connectivity index is 1.79. The summed E-state index contributed by atoms with van der Waals surface area (Å²) in [6.07, 6.45) is 16.3. The van der Waals surface area contributed by atoms with Gasteiger partial charge >= 0.3 is 0 Å². The standard InChI is InChI=1S/C26H24N2/c1-28-25-15-9-8-14-22(25)24-18-20(19-10-4-2-5-11-19)16-17-23(24)26(28)27-21-12-6-3-7-13-21/h2-8,10-12,14,16-18,21H,9,13,15H2,1H3/t21-/m0/s1. The third kappa shape index (κ3) is 2.95. The van der Waals surface area contributed by atoms with Gasteiger partial charge in [0.25, 0.3) is 0 Å². The summed E-state index contributed by atoms with van der Waals surface area (Å²) >= 11 is 0. The Bertz CT molecular complexity index is 1190. The van der Waals surface area contributed by atoms with Crippen LogP contribution in [0.1, 0.15) is 24.1 Å². The van der Waals surface area contributed by atoms with Gasteiger partial charge in [-0.05, 0) is 41.8 Å². The van der Waals surface area contributed by atoms with Crippen molar-refractivity contribution in [3.05, 3.63) is 95.7 Å². The van der Waals surface area contributed by atoms with Crippen LogP contribution in [0, 0.1) is 0 Å². The Labute approximate surface area is 165 Å². The fourth-order valence-electron chi connectivity index (χ4n) is 4.30. The second-order valence-corrected chi connectivity index (χ2v) is 7.56. The Kier molecular flexibility index (Phi) is 4.32. The molecule has 28 heavy (non-hydrogen) atoms. The maximum atomic E-state index is 5.16. The molecule has 0 bridgehead atoms. The second-order valence-electron chi connectivity index (χ2n) is 7.56.